The summed E-state index contributed by atoms with van der Waals surface area (Å²) in [5.74, 6) is -0.798. The van der Waals surface area contributed by atoms with Gasteiger partial charge in [-0.25, -0.2) is 8.42 Å². The van der Waals surface area contributed by atoms with Crippen LogP contribution in [0.3, 0.4) is 0 Å². The van der Waals surface area contributed by atoms with E-state index in [-0.39, 0.29) is 12.5 Å². The minimum atomic E-state index is -3.78. The Kier molecular flexibility index (Phi) is 7.15. The van der Waals surface area contributed by atoms with E-state index >= 15 is 0 Å². The molecule has 1 N–H and O–H groups in total. The Morgan fingerprint density at radius 2 is 1.56 bits per heavy atom. The molecule has 3 aromatic rings. The molecule has 0 fully saturated rings. The lowest BCUT2D eigenvalue weighted by Crippen LogP contribution is -2.50. The summed E-state index contributed by atoms with van der Waals surface area (Å²) in [5.41, 5.74) is 1.26. The minimum Gasteiger partial charge on any atom is -0.357 e. The molecule has 3 rings (SSSR count). The number of anilines is 1. The molecular formula is C24H27N3O4S. The van der Waals surface area contributed by atoms with E-state index in [4.69, 9.17) is 0 Å². The second-order valence-electron chi connectivity index (χ2n) is 7.57. The Bertz CT molecular complexity index is 1210. The number of carbonyl (C=O) groups is 2. The number of carbonyl (C=O) groups excluding carboxylic acids is 2. The Labute approximate surface area is 188 Å². The maximum atomic E-state index is 13.4. The summed E-state index contributed by atoms with van der Waals surface area (Å²) < 4.78 is 26.6. The monoisotopic (exact) mass is 453 g/mol. The summed E-state index contributed by atoms with van der Waals surface area (Å²) in [4.78, 5) is 27.2. The van der Waals surface area contributed by atoms with Crippen LogP contribution in [0.15, 0.2) is 72.8 Å². The first kappa shape index (κ1) is 23.3. The summed E-state index contributed by atoms with van der Waals surface area (Å²) in [7, 11) is -2.27. The van der Waals surface area contributed by atoms with E-state index in [0.29, 0.717) is 5.69 Å². The lowest BCUT2D eigenvalue weighted by molar-refractivity contribution is -0.139. The van der Waals surface area contributed by atoms with Gasteiger partial charge in [0.15, 0.2) is 0 Å². The molecule has 0 spiro atoms. The van der Waals surface area contributed by atoms with Crippen LogP contribution >= 0.6 is 0 Å². The number of fused-ring (bicyclic) bond motifs is 1. The zero-order chi connectivity index (χ0) is 23.3. The number of hydrogen-bond donors (Lipinski definition) is 1. The highest BCUT2D eigenvalue weighted by Gasteiger charge is 2.30. The van der Waals surface area contributed by atoms with Crippen LogP contribution in [-0.4, -0.2) is 51.0 Å². The van der Waals surface area contributed by atoms with Crippen molar-refractivity contribution in [3.05, 3.63) is 78.4 Å². The van der Waals surface area contributed by atoms with Gasteiger partial charge in [-0.2, -0.15) is 0 Å². The molecule has 168 valence electrons. The number of benzene rings is 3. The zero-order valence-electron chi connectivity index (χ0n) is 18.4. The Morgan fingerprint density at radius 1 is 0.938 bits per heavy atom. The summed E-state index contributed by atoms with van der Waals surface area (Å²) >= 11 is 0. The zero-order valence-corrected chi connectivity index (χ0v) is 19.2. The molecule has 0 radical (unpaired) electrons. The topological polar surface area (TPSA) is 86.8 Å². The number of nitrogens with zero attached hydrogens (tertiary/aromatic N) is 2. The normalized spacial score (nSPS) is 12.2. The molecule has 0 heterocycles. The third-order valence-corrected chi connectivity index (χ3v) is 6.45. The largest absolute Gasteiger partial charge is 0.357 e. The summed E-state index contributed by atoms with van der Waals surface area (Å²) in [6.45, 7) is 1.39. The smallest absolute Gasteiger partial charge is 0.244 e. The maximum absolute atomic E-state index is 13.4. The minimum absolute atomic E-state index is 0.182. The second-order valence-corrected chi connectivity index (χ2v) is 9.47. The number of nitrogens with one attached hydrogen (secondary N) is 1. The Hall–Kier alpha value is -3.39. The molecule has 1 unspecified atom stereocenters. The van der Waals surface area contributed by atoms with Crippen molar-refractivity contribution < 1.29 is 18.0 Å². The van der Waals surface area contributed by atoms with E-state index in [1.165, 1.54) is 11.9 Å². The van der Waals surface area contributed by atoms with Crippen LogP contribution in [0.5, 0.6) is 0 Å². The number of hydrogen-bond acceptors (Lipinski definition) is 4. The van der Waals surface area contributed by atoms with Gasteiger partial charge in [-0.15, -0.1) is 0 Å². The molecule has 1 atom stereocenters. The van der Waals surface area contributed by atoms with Crippen LogP contribution in [0.2, 0.25) is 0 Å². The fourth-order valence-corrected chi connectivity index (χ4v) is 4.45. The number of amides is 2. The first-order valence-corrected chi connectivity index (χ1v) is 12.1. The van der Waals surface area contributed by atoms with E-state index in [9.17, 15) is 18.0 Å². The summed E-state index contributed by atoms with van der Waals surface area (Å²) in [5, 5.41) is 4.15. The summed E-state index contributed by atoms with van der Waals surface area (Å²) in [6.07, 6.45) is 1.08. The first-order chi connectivity index (χ1) is 15.2. The fourth-order valence-electron chi connectivity index (χ4n) is 3.59. The van der Waals surface area contributed by atoms with Crippen molar-refractivity contribution >= 4 is 38.3 Å². The van der Waals surface area contributed by atoms with Crippen LogP contribution in [0.4, 0.5) is 5.69 Å². The molecule has 3 aromatic carbocycles. The van der Waals surface area contributed by atoms with E-state index in [0.717, 1.165) is 26.9 Å². The lowest BCUT2D eigenvalue weighted by Gasteiger charge is -2.31. The van der Waals surface area contributed by atoms with Crippen molar-refractivity contribution in [3.8, 4) is 0 Å². The van der Waals surface area contributed by atoms with E-state index in [2.05, 4.69) is 5.32 Å². The Balaban J connectivity index is 1.99. The highest BCUT2D eigenvalue weighted by Crippen LogP contribution is 2.28. The molecule has 0 aromatic heterocycles. The Morgan fingerprint density at radius 3 is 2.22 bits per heavy atom. The van der Waals surface area contributed by atoms with Gasteiger partial charge >= 0.3 is 0 Å². The van der Waals surface area contributed by atoms with Gasteiger partial charge in [0.05, 0.1) is 11.9 Å². The van der Waals surface area contributed by atoms with Crippen LogP contribution < -0.4 is 9.62 Å². The van der Waals surface area contributed by atoms with Gasteiger partial charge in [-0.3, -0.25) is 13.9 Å². The average Bonchev–Trinajstić information content (AvgIpc) is 2.79. The SMILES string of the molecule is CNC(=O)C(C)N(Cc1ccccc1)C(=O)CN(c1cccc2ccccc12)S(C)(=O)=O. The van der Waals surface area contributed by atoms with E-state index < -0.39 is 28.5 Å². The van der Waals surface area contributed by atoms with Crippen molar-refractivity contribution in [2.75, 3.05) is 24.2 Å². The van der Waals surface area contributed by atoms with Gasteiger partial charge in [0.2, 0.25) is 21.8 Å². The molecular weight excluding hydrogens is 426 g/mol. The quantitative estimate of drug-likeness (QED) is 0.568. The molecule has 0 aliphatic heterocycles. The van der Waals surface area contributed by atoms with Crippen LogP contribution in [0.1, 0.15) is 12.5 Å². The second kappa shape index (κ2) is 9.82. The van der Waals surface area contributed by atoms with Crippen LogP contribution in [0, 0.1) is 0 Å². The number of rotatable bonds is 8. The van der Waals surface area contributed by atoms with Crippen molar-refractivity contribution in [2.24, 2.45) is 0 Å². The standard InChI is InChI=1S/C24H27N3O4S/c1-18(24(29)25-2)26(16-19-10-5-4-6-11-19)23(28)17-27(32(3,30)31)22-15-9-13-20-12-7-8-14-21(20)22/h4-15,18H,16-17H2,1-3H3,(H,25,29). The van der Waals surface area contributed by atoms with Gasteiger partial charge in [0, 0.05) is 19.0 Å². The van der Waals surface area contributed by atoms with Crippen molar-refractivity contribution in [1.29, 1.82) is 0 Å². The van der Waals surface area contributed by atoms with Gasteiger partial charge in [0.1, 0.15) is 12.6 Å². The predicted octanol–water partition coefficient (Wildman–Crippen LogP) is 2.77. The molecule has 0 saturated heterocycles. The van der Waals surface area contributed by atoms with Crippen molar-refractivity contribution in [2.45, 2.75) is 19.5 Å². The highest BCUT2D eigenvalue weighted by atomic mass is 32.2. The molecule has 0 aliphatic rings. The van der Waals surface area contributed by atoms with Gasteiger partial charge in [-0.1, -0.05) is 66.7 Å². The van der Waals surface area contributed by atoms with Gasteiger partial charge in [0.25, 0.3) is 0 Å². The van der Waals surface area contributed by atoms with Crippen LogP contribution in [0.25, 0.3) is 10.8 Å². The molecule has 7 nitrogen and oxygen atoms in total. The third kappa shape index (κ3) is 5.26. The molecule has 0 saturated carbocycles. The molecule has 32 heavy (non-hydrogen) atoms. The van der Waals surface area contributed by atoms with Gasteiger partial charge in [-0.05, 0) is 23.9 Å². The molecule has 2 amide bonds. The van der Waals surface area contributed by atoms with E-state index in [1.54, 1.807) is 19.1 Å². The first-order valence-electron chi connectivity index (χ1n) is 10.2. The van der Waals surface area contributed by atoms with Crippen molar-refractivity contribution in [1.82, 2.24) is 10.2 Å². The predicted molar refractivity (Wildman–Crippen MR) is 127 cm³/mol. The van der Waals surface area contributed by atoms with Crippen LogP contribution in [-0.2, 0) is 26.2 Å². The van der Waals surface area contributed by atoms with Crippen molar-refractivity contribution in [3.63, 3.8) is 0 Å². The maximum Gasteiger partial charge on any atom is 0.244 e. The highest BCUT2D eigenvalue weighted by molar-refractivity contribution is 7.92. The number of likely N-dealkylation sites (N-methyl/N-ethyl adjacent to an activating group) is 1. The molecule has 0 aliphatic carbocycles. The van der Waals surface area contributed by atoms with E-state index in [1.807, 2.05) is 60.7 Å². The third-order valence-electron chi connectivity index (χ3n) is 5.32. The van der Waals surface area contributed by atoms with Gasteiger partial charge < -0.3 is 10.2 Å². The molecule has 0 bridgehead atoms. The number of sulfonamides is 1. The lowest BCUT2D eigenvalue weighted by atomic mass is 10.1. The molecule has 8 heteroatoms. The fraction of sp³-hybridized carbons (Fsp3) is 0.250. The average molecular weight is 454 g/mol. The summed E-state index contributed by atoms with van der Waals surface area (Å²) in [6, 6.07) is 21.2.